The van der Waals surface area contributed by atoms with Crippen LogP contribution in [0.3, 0.4) is 0 Å². The number of aromatic hydroxyl groups is 1. The van der Waals surface area contributed by atoms with Crippen LogP contribution in [0.2, 0.25) is 0 Å². The van der Waals surface area contributed by atoms with Crippen LogP contribution in [0.5, 0.6) is 5.75 Å². The van der Waals surface area contributed by atoms with E-state index in [2.05, 4.69) is 15.3 Å². The maximum atomic E-state index is 9.59. The van der Waals surface area contributed by atoms with Crippen LogP contribution < -0.4 is 5.32 Å². The van der Waals surface area contributed by atoms with E-state index in [9.17, 15) is 5.11 Å². The Hall–Kier alpha value is -1.81. The lowest BCUT2D eigenvalue weighted by Crippen LogP contribution is -2.19. The van der Waals surface area contributed by atoms with Gasteiger partial charge in [-0.1, -0.05) is 18.2 Å². The van der Waals surface area contributed by atoms with Crippen molar-refractivity contribution in [3.8, 4) is 5.75 Å². The van der Waals surface area contributed by atoms with Gasteiger partial charge in [-0.05, 0) is 13.0 Å². The van der Waals surface area contributed by atoms with Gasteiger partial charge in [0.05, 0.1) is 6.04 Å². The van der Waals surface area contributed by atoms with Crippen LogP contribution in [0.25, 0.3) is 0 Å². The lowest BCUT2D eigenvalue weighted by Gasteiger charge is -2.12. The van der Waals surface area contributed by atoms with Crippen LogP contribution in [0.15, 0.2) is 36.7 Å². The van der Waals surface area contributed by atoms with Crippen LogP contribution in [-0.4, -0.2) is 15.1 Å². The number of benzene rings is 1. The fourth-order valence-electron chi connectivity index (χ4n) is 1.53. The Kier molecular flexibility index (Phi) is 3.22. The van der Waals surface area contributed by atoms with Gasteiger partial charge >= 0.3 is 0 Å². The minimum Gasteiger partial charge on any atom is -0.508 e. The van der Waals surface area contributed by atoms with Crippen molar-refractivity contribution in [2.75, 3.05) is 0 Å². The molecule has 4 heteroatoms. The molecule has 0 saturated heterocycles. The number of aromatic amines is 1. The van der Waals surface area contributed by atoms with E-state index < -0.39 is 0 Å². The van der Waals surface area contributed by atoms with Crippen molar-refractivity contribution in [2.24, 2.45) is 0 Å². The first-order valence-electron chi connectivity index (χ1n) is 5.27. The minimum absolute atomic E-state index is 0.134. The predicted molar refractivity (Wildman–Crippen MR) is 61.9 cm³/mol. The standard InChI is InChI=1S/C12H15N3O/c1-9(12-13-6-7-14-12)15-8-10-4-2-3-5-11(10)16/h2-7,9,15-16H,8H2,1H3,(H,13,14). The summed E-state index contributed by atoms with van der Waals surface area (Å²) < 4.78 is 0. The van der Waals surface area contributed by atoms with Crippen molar-refractivity contribution in [1.82, 2.24) is 15.3 Å². The van der Waals surface area contributed by atoms with Crippen molar-refractivity contribution in [3.63, 3.8) is 0 Å². The zero-order chi connectivity index (χ0) is 11.4. The molecule has 0 spiro atoms. The Balaban J connectivity index is 1.95. The zero-order valence-electron chi connectivity index (χ0n) is 9.14. The van der Waals surface area contributed by atoms with Gasteiger partial charge in [0.15, 0.2) is 0 Å². The largest absolute Gasteiger partial charge is 0.508 e. The van der Waals surface area contributed by atoms with E-state index in [0.29, 0.717) is 12.3 Å². The first-order valence-corrected chi connectivity index (χ1v) is 5.27. The molecule has 0 radical (unpaired) electrons. The molecule has 0 saturated carbocycles. The molecule has 16 heavy (non-hydrogen) atoms. The van der Waals surface area contributed by atoms with E-state index in [4.69, 9.17) is 0 Å². The van der Waals surface area contributed by atoms with Gasteiger partial charge in [-0.25, -0.2) is 4.98 Å². The number of H-pyrrole nitrogens is 1. The van der Waals surface area contributed by atoms with Gasteiger partial charge in [0, 0.05) is 24.5 Å². The lowest BCUT2D eigenvalue weighted by atomic mass is 10.2. The highest BCUT2D eigenvalue weighted by atomic mass is 16.3. The Morgan fingerprint density at radius 2 is 2.25 bits per heavy atom. The summed E-state index contributed by atoms with van der Waals surface area (Å²) in [6.07, 6.45) is 3.53. The normalized spacial score (nSPS) is 12.6. The predicted octanol–water partition coefficient (Wildman–Crippen LogP) is 1.97. The summed E-state index contributed by atoms with van der Waals surface area (Å²) in [4.78, 5) is 7.22. The monoisotopic (exact) mass is 217 g/mol. The average Bonchev–Trinajstić information content (AvgIpc) is 2.81. The molecular formula is C12H15N3O. The van der Waals surface area contributed by atoms with Crippen molar-refractivity contribution in [2.45, 2.75) is 19.5 Å². The van der Waals surface area contributed by atoms with Crippen LogP contribution in [0, 0.1) is 0 Å². The SMILES string of the molecule is CC(NCc1ccccc1O)c1ncc[nH]1. The van der Waals surface area contributed by atoms with Gasteiger partial charge in [-0.15, -0.1) is 0 Å². The molecule has 0 aliphatic rings. The molecule has 84 valence electrons. The molecule has 1 atom stereocenters. The summed E-state index contributed by atoms with van der Waals surface area (Å²) in [5, 5.41) is 12.9. The molecule has 1 unspecified atom stereocenters. The number of aromatic nitrogens is 2. The van der Waals surface area contributed by atoms with Crippen molar-refractivity contribution >= 4 is 0 Å². The lowest BCUT2D eigenvalue weighted by molar-refractivity contribution is 0.458. The third-order valence-electron chi connectivity index (χ3n) is 2.52. The topological polar surface area (TPSA) is 60.9 Å². The summed E-state index contributed by atoms with van der Waals surface area (Å²) in [6.45, 7) is 2.65. The minimum atomic E-state index is 0.134. The fraction of sp³-hybridized carbons (Fsp3) is 0.250. The van der Waals surface area contributed by atoms with Crippen LogP contribution in [0.1, 0.15) is 24.4 Å². The second kappa shape index (κ2) is 4.81. The Bertz CT molecular complexity index is 439. The summed E-state index contributed by atoms with van der Waals surface area (Å²) in [6, 6.07) is 7.45. The van der Waals surface area contributed by atoms with Crippen molar-refractivity contribution in [3.05, 3.63) is 48.0 Å². The number of hydrogen-bond donors (Lipinski definition) is 3. The summed E-state index contributed by atoms with van der Waals surface area (Å²) in [7, 11) is 0. The van der Waals surface area contributed by atoms with Gasteiger partial charge < -0.3 is 15.4 Å². The molecule has 3 N–H and O–H groups in total. The summed E-state index contributed by atoms with van der Waals surface area (Å²) in [5.74, 6) is 1.22. The van der Waals surface area contributed by atoms with E-state index in [-0.39, 0.29) is 6.04 Å². The molecule has 1 aromatic carbocycles. The molecule has 2 rings (SSSR count). The van der Waals surface area contributed by atoms with Crippen LogP contribution >= 0.6 is 0 Å². The Labute approximate surface area is 94.4 Å². The number of hydrogen-bond acceptors (Lipinski definition) is 3. The number of phenols is 1. The van der Waals surface area contributed by atoms with Gasteiger partial charge in [0.25, 0.3) is 0 Å². The van der Waals surface area contributed by atoms with E-state index >= 15 is 0 Å². The highest BCUT2D eigenvalue weighted by Gasteiger charge is 2.07. The van der Waals surface area contributed by atoms with Crippen molar-refractivity contribution in [1.29, 1.82) is 0 Å². The van der Waals surface area contributed by atoms with E-state index in [1.54, 1.807) is 18.5 Å². The van der Waals surface area contributed by atoms with Crippen molar-refractivity contribution < 1.29 is 5.11 Å². The van der Waals surface area contributed by atoms with Crippen LogP contribution in [-0.2, 0) is 6.54 Å². The summed E-state index contributed by atoms with van der Waals surface area (Å²) >= 11 is 0. The molecule has 0 bridgehead atoms. The third kappa shape index (κ3) is 2.41. The van der Waals surface area contributed by atoms with Crippen LogP contribution in [0.4, 0.5) is 0 Å². The highest BCUT2D eigenvalue weighted by molar-refractivity contribution is 5.31. The van der Waals surface area contributed by atoms with Gasteiger partial charge in [-0.2, -0.15) is 0 Å². The van der Waals surface area contributed by atoms with E-state index in [1.807, 2.05) is 25.1 Å². The summed E-state index contributed by atoms with van der Waals surface area (Å²) in [5.41, 5.74) is 0.890. The second-order valence-corrected chi connectivity index (χ2v) is 3.71. The second-order valence-electron chi connectivity index (χ2n) is 3.71. The average molecular weight is 217 g/mol. The molecule has 0 aliphatic heterocycles. The quantitative estimate of drug-likeness (QED) is 0.733. The molecule has 2 aromatic rings. The number of phenolic OH excluding ortho intramolecular Hbond substituents is 1. The van der Waals surface area contributed by atoms with Gasteiger partial charge in [0.2, 0.25) is 0 Å². The maximum absolute atomic E-state index is 9.59. The molecule has 0 amide bonds. The van der Waals surface area contributed by atoms with Gasteiger partial charge in [-0.3, -0.25) is 0 Å². The van der Waals surface area contributed by atoms with Gasteiger partial charge in [0.1, 0.15) is 11.6 Å². The number of nitrogens with one attached hydrogen (secondary N) is 2. The number of nitrogens with zero attached hydrogens (tertiary/aromatic N) is 1. The number of rotatable bonds is 4. The Morgan fingerprint density at radius 3 is 2.94 bits per heavy atom. The molecule has 1 heterocycles. The highest BCUT2D eigenvalue weighted by Crippen LogP contribution is 2.16. The molecule has 4 nitrogen and oxygen atoms in total. The third-order valence-corrected chi connectivity index (χ3v) is 2.52. The maximum Gasteiger partial charge on any atom is 0.122 e. The first-order chi connectivity index (χ1) is 7.77. The smallest absolute Gasteiger partial charge is 0.122 e. The molecule has 0 fully saturated rings. The fourth-order valence-corrected chi connectivity index (χ4v) is 1.53. The van der Waals surface area contributed by atoms with E-state index in [1.165, 1.54) is 0 Å². The molecule has 1 aromatic heterocycles. The zero-order valence-corrected chi connectivity index (χ0v) is 9.14. The molecule has 0 aliphatic carbocycles. The first kappa shape index (κ1) is 10.7. The van der Waals surface area contributed by atoms with E-state index in [0.717, 1.165) is 11.4 Å². The Morgan fingerprint density at radius 1 is 1.44 bits per heavy atom. The number of imidazole rings is 1. The number of para-hydroxylation sites is 1. The molecular weight excluding hydrogens is 202 g/mol.